The lowest BCUT2D eigenvalue weighted by molar-refractivity contribution is -0.146. The predicted octanol–water partition coefficient (Wildman–Crippen LogP) is 4.30. The number of nitrogens with zero attached hydrogens (tertiary/aromatic N) is 1. The van der Waals surface area contributed by atoms with Crippen molar-refractivity contribution < 1.29 is 19.8 Å². The number of aliphatic hydroxyl groups is 1. The Bertz CT molecular complexity index is 898. The first-order valence-corrected chi connectivity index (χ1v) is 11.9. The molecule has 1 amide bonds. The Morgan fingerprint density at radius 3 is 2.30 bits per heavy atom. The summed E-state index contributed by atoms with van der Waals surface area (Å²) in [5.74, 6) is -0.938. The van der Waals surface area contributed by atoms with Gasteiger partial charge in [0, 0.05) is 18.2 Å². The number of aliphatic carboxylic acids is 1. The molecule has 0 unspecified atom stereocenters. The summed E-state index contributed by atoms with van der Waals surface area (Å²) < 4.78 is 0. The second-order valence-electron chi connectivity index (χ2n) is 9.34. The number of benzene rings is 2. The summed E-state index contributed by atoms with van der Waals surface area (Å²) in [7, 11) is 0. The zero-order chi connectivity index (χ0) is 23.8. The number of carbonyl (C=O) groups excluding carboxylic acids is 1. The van der Waals surface area contributed by atoms with Crippen LogP contribution in [0.15, 0.2) is 54.6 Å². The third-order valence-corrected chi connectivity index (χ3v) is 6.53. The first kappa shape index (κ1) is 24.8. The number of aliphatic hydroxyl groups excluding tert-OH is 1. The quantitative estimate of drug-likeness (QED) is 0.494. The zero-order valence-corrected chi connectivity index (χ0v) is 19.6. The van der Waals surface area contributed by atoms with Gasteiger partial charge in [0.05, 0.1) is 12.1 Å². The van der Waals surface area contributed by atoms with Crippen molar-refractivity contribution in [2.45, 2.75) is 64.0 Å². The number of anilines is 1. The summed E-state index contributed by atoms with van der Waals surface area (Å²) >= 11 is 0. The van der Waals surface area contributed by atoms with Crippen molar-refractivity contribution in [2.75, 3.05) is 18.4 Å². The Morgan fingerprint density at radius 2 is 1.67 bits per heavy atom. The van der Waals surface area contributed by atoms with Crippen LogP contribution in [0.5, 0.6) is 0 Å². The number of carboxylic acid groups (broad SMARTS) is 1. The molecule has 6 heteroatoms. The van der Waals surface area contributed by atoms with E-state index < -0.39 is 12.1 Å². The predicted molar refractivity (Wildman–Crippen MR) is 130 cm³/mol. The van der Waals surface area contributed by atoms with Gasteiger partial charge in [0.2, 0.25) is 5.91 Å². The van der Waals surface area contributed by atoms with E-state index in [9.17, 15) is 19.8 Å². The molecule has 0 aliphatic heterocycles. The lowest BCUT2D eigenvalue weighted by Crippen LogP contribution is -2.41. The van der Waals surface area contributed by atoms with Gasteiger partial charge >= 0.3 is 5.97 Å². The number of carboxylic acids is 1. The molecule has 0 heterocycles. The molecule has 0 aromatic heterocycles. The Kier molecular flexibility index (Phi) is 8.89. The number of hydrogen-bond acceptors (Lipinski definition) is 4. The van der Waals surface area contributed by atoms with Gasteiger partial charge in [-0.1, -0.05) is 56.3 Å². The fourth-order valence-electron chi connectivity index (χ4n) is 4.48. The van der Waals surface area contributed by atoms with E-state index in [0.29, 0.717) is 44.6 Å². The number of carbonyl (C=O) groups is 2. The maximum atomic E-state index is 13.2. The first-order valence-electron chi connectivity index (χ1n) is 11.9. The van der Waals surface area contributed by atoms with Crippen LogP contribution in [-0.4, -0.2) is 52.2 Å². The maximum Gasteiger partial charge on any atom is 0.323 e. The van der Waals surface area contributed by atoms with Crippen LogP contribution in [0.3, 0.4) is 0 Å². The summed E-state index contributed by atoms with van der Waals surface area (Å²) in [5.41, 5.74) is 3.30. The summed E-state index contributed by atoms with van der Waals surface area (Å²) in [4.78, 5) is 26.1. The average molecular weight is 453 g/mol. The highest BCUT2D eigenvalue weighted by Gasteiger charge is 2.32. The zero-order valence-electron chi connectivity index (χ0n) is 19.6. The summed E-state index contributed by atoms with van der Waals surface area (Å²) in [5, 5.41) is 23.5. The number of hydrogen-bond donors (Lipinski definition) is 3. The van der Waals surface area contributed by atoms with Crippen LogP contribution in [-0.2, 0) is 16.0 Å². The van der Waals surface area contributed by atoms with Gasteiger partial charge in [0.15, 0.2) is 0 Å². The van der Waals surface area contributed by atoms with Crippen molar-refractivity contribution in [3.05, 3.63) is 65.7 Å². The number of amides is 1. The van der Waals surface area contributed by atoms with Gasteiger partial charge in [-0.05, 0) is 61.3 Å². The van der Waals surface area contributed by atoms with Crippen LogP contribution in [0.25, 0.3) is 0 Å². The number of rotatable bonds is 9. The summed E-state index contributed by atoms with van der Waals surface area (Å²) in [6.07, 6.45) is 2.42. The smallest absolute Gasteiger partial charge is 0.323 e. The van der Waals surface area contributed by atoms with Gasteiger partial charge in [-0.2, -0.15) is 0 Å². The molecule has 3 N–H and O–H groups in total. The first-order chi connectivity index (χ1) is 15.8. The summed E-state index contributed by atoms with van der Waals surface area (Å²) in [6, 6.07) is 17.9. The average Bonchev–Trinajstić information content (AvgIpc) is 2.98. The lowest BCUT2D eigenvalue weighted by atomic mass is 9.98. The van der Waals surface area contributed by atoms with E-state index in [2.05, 4.69) is 31.3 Å². The highest BCUT2D eigenvalue weighted by atomic mass is 16.4. The van der Waals surface area contributed by atoms with Gasteiger partial charge in [0.1, 0.15) is 6.54 Å². The molecule has 33 heavy (non-hydrogen) atoms. The standard InChI is InChI=1S/C27H36N2O4/c1-19(2)21-8-12-23(13-9-21)28-24-14-10-22(11-15-25(24)30)27(33)29(18-26(31)32)17-16-20-6-4-3-5-7-20/h3-9,12-13,19,22,24-25,28,30H,10-11,14-18H2,1-2H3,(H,31,32)/t22-,24+,25+/m1/s1. The van der Waals surface area contributed by atoms with Gasteiger partial charge in [0.25, 0.3) is 0 Å². The fourth-order valence-corrected chi connectivity index (χ4v) is 4.48. The van der Waals surface area contributed by atoms with Crippen LogP contribution in [0.4, 0.5) is 5.69 Å². The van der Waals surface area contributed by atoms with Gasteiger partial charge in [-0.3, -0.25) is 9.59 Å². The Balaban J connectivity index is 1.61. The van der Waals surface area contributed by atoms with E-state index in [4.69, 9.17) is 0 Å². The largest absolute Gasteiger partial charge is 0.480 e. The van der Waals surface area contributed by atoms with Crippen molar-refractivity contribution >= 4 is 17.6 Å². The monoisotopic (exact) mass is 452 g/mol. The Morgan fingerprint density at radius 1 is 1.00 bits per heavy atom. The molecule has 1 fully saturated rings. The number of nitrogens with one attached hydrogen (secondary N) is 1. The van der Waals surface area contributed by atoms with Crippen molar-refractivity contribution in [1.29, 1.82) is 0 Å². The maximum absolute atomic E-state index is 13.2. The Hall–Kier alpha value is -2.86. The molecule has 2 aromatic carbocycles. The normalized spacial score (nSPS) is 20.8. The molecular weight excluding hydrogens is 416 g/mol. The molecule has 1 aliphatic rings. The van der Waals surface area contributed by atoms with Gasteiger partial charge in [-0.25, -0.2) is 0 Å². The lowest BCUT2D eigenvalue weighted by Gasteiger charge is -2.25. The van der Waals surface area contributed by atoms with E-state index in [0.717, 1.165) is 11.3 Å². The Labute approximate surface area is 196 Å². The minimum absolute atomic E-state index is 0.123. The molecule has 0 saturated heterocycles. The highest BCUT2D eigenvalue weighted by molar-refractivity contribution is 5.83. The van der Waals surface area contributed by atoms with Crippen molar-refractivity contribution in [2.24, 2.45) is 5.92 Å². The summed E-state index contributed by atoms with van der Waals surface area (Å²) in [6.45, 7) is 4.39. The van der Waals surface area contributed by atoms with E-state index >= 15 is 0 Å². The van der Waals surface area contributed by atoms with Crippen molar-refractivity contribution in [3.63, 3.8) is 0 Å². The van der Waals surface area contributed by atoms with Crippen LogP contribution in [0, 0.1) is 5.92 Å². The molecule has 2 aromatic rings. The minimum Gasteiger partial charge on any atom is -0.480 e. The molecule has 0 spiro atoms. The molecule has 0 bridgehead atoms. The van der Waals surface area contributed by atoms with Gasteiger partial charge < -0.3 is 20.4 Å². The second kappa shape index (κ2) is 11.8. The van der Waals surface area contributed by atoms with Crippen LogP contribution < -0.4 is 5.32 Å². The molecule has 0 radical (unpaired) electrons. The van der Waals surface area contributed by atoms with Crippen molar-refractivity contribution in [3.8, 4) is 0 Å². The molecular formula is C27H36N2O4. The van der Waals surface area contributed by atoms with E-state index in [1.54, 1.807) is 0 Å². The molecule has 1 saturated carbocycles. The topological polar surface area (TPSA) is 89.9 Å². The highest BCUT2D eigenvalue weighted by Crippen LogP contribution is 2.28. The van der Waals surface area contributed by atoms with E-state index in [1.165, 1.54) is 10.5 Å². The van der Waals surface area contributed by atoms with Crippen LogP contribution in [0.1, 0.15) is 56.6 Å². The van der Waals surface area contributed by atoms with Crippen molar-refractivity contribution in [1.82, 2.24) is 4.90 Å². The second-order valence-corrected chi connectivity index (χ2v) is 9.34. The minimum atomic E-state index is -1.01. The molecule has 3 atom stereocenters. The third-order valence-electron chi connectivity index (χ3n) is 6.53. The molecule has 178 valence electrons. The van der Waals surface area contributed by atoms with E-state index in [1.807, 2.05) is 42.5 Å². The van der Waals surface area contributed by atoms with Crippen LogP contribution >= 0.6 is 0 Å². The van der Waals surface area contributed by atoms with Crippen LogP contribution in [0.2, 0.25) is 0 Å². The third kappa shape index (κ3) is 7.32. The fraction of sp³-hybridized carbons (Fsp3) is 0.481. The van der Waals surface area contributed by atoms with Gasteiger partial charge in [-0.15, -0.1) is 0 Å². The SMILES string of the molecule is CC(C)c1ccc(N[C@H]2CC[C@@H](C(=O)N(CCc3ccccc3)CC(=O)O)CC[C@@H]2O)cc1. The molecule has 1 aliphatic carbocycles. The molecule has 6 nitrogen and oxygen atoms in total. The molecule has 3 rings (SSSR count). The van der Waals surface area contributed by atoms with E-state index in [-0.39, 0.29) is 24.4 Å².